The van der Waals surface area contributed by atoms with Crippen molar-refractivity contribution < 1.29 is 15.1 Å². The third-order valence-electron chi connectivity index (χ3n) is 0.348. The Bertz CT molecular complexity index is 88.2. The maximum Gasteiger partial charge on any atom is 0.308 e. The Morgan fingerprint density at radius 1 is 1.86 bits per heavy atom. The van der Waals surface area contributed by atoms with Crippen LogP contribution in [0.1, 0.15) is 6.42 Å². The Hall–Kier alpha value is -1.06. The van der Waals surface area contributed by atoms with E-state index in [1.807, 2.05) is 0 Å². The molecule has 0 atom stereocenters. The predicted molar refractivity (Wildman–Crippen MR) is 22.5 cm³/mol. The lowest BCUT2D eigenvalue weighted by molar-refractivity contribution is -0.135. The minimum atomic E-state index is -1.00. The van der Waals surface area contributed by atoms with Crippen molar-refractivity contribution in [2.24, 2.45) is 5.16 Å². The summed E-state index contributed by atoms with van der Waals surface area (Å²) in [6, 6.07) is 0. The normalized spacial score (nSPS) is 9.71. The van der Waals surface area contributed by atoms with Gasteiger partial charge in [-0.15, -0.1) is 5.16 Å². The van der Waals surface area contributed by atoms with Gasteiger partial charge >= 0.3 is 5.97 Å². The third kappa shape index (κ3) is 4.94. The highest BCUT2D eigenvalue weighted by molar-refractivity contribution is 5.84. The largest absolute Gasteiger partial charge is 0.481 e. The first-order chi connectivity index (χ1) is 3.27. The van der Waals surface area contributed by atoms with E-state index in [1.54, 1.807) is 0 Å². The first-order valence-corrected chi connectivity index (χ1v) is 1.65. The van der Waals surface area contributed by atoms with Gasteiger partial charge < -0.3 is 10.3 Å². The van der Waals surface area contributed by atoms with Crippen LogP contribution in [0.2, 0.25) is 0 Å². The van der Waals surface area contributed by atoms with Gasteiger partial charge in [-0.25, -0.2) is 0 Å². The minimum absolute atomic E-state index is 0.226. The van der Waals surface area contributed by atoms with E-state index in [0.29, 0.717) is 0 Å². The molecule has 0 aliphatic rings. The molecule has 0 unspecified atom stereocenters. The first kappa shape index (κ1) is 5.94. The van der Waals surface area contributed by atoms with Gasteiger partial charge in [-0.2, -0.15) is 0 Å². The van der Waals surface area contributed by atoms with Crippen molar-refractivity contribution in [2.75, 3.05) is 0 Å². The van der Waals surface area contributed by atoms with Crippen LogP contribution in [0.25, 0.3) is 0 Å². The summed E-state index contributed by atoms with van der Waals surface area (Å²) >= 11 is 0. The maximum absolute atomic E-state index is 9.56. The van der Waals surface area contributed by atoms with Gasteiger partial charge in [0.1, 0.15) is 0 Å². The van der Waals surface area contributed by atoms with Crippen LogP contribution in [0, 0.1) is 0 Å². The number of nitrogens with zero attached hydrogens (tertiary/aromatic N) is 1. The van der Waals surface area contributed by atoms with Gasteiger partial charge in [0, 0.05) is 0 Å². The van der Waals surface area contributed by atoms with Crippen molar-refractivity contribution in [1.82, 2.24) is 0 Å². The van der Waals surface area contributed by atoms with Crippen molar-refractivity contribution in [1.29, 1.82) is 0 Å². The van der Waals surface area contributed by atoms with E-state index in [4.69, 9.17) is 10.3 Å². The molecule has 0 heterocycles. The third-order valence-corrected chi connectivity index (χ3v) is 0.348. The second kappa shape index (κ2) is 3.14. The van der Waals surface area contributed by atoms with Crippen LogP contribution in [-0.4, -0.2) is 22.5 Å². The monoisotopic (exact) mass is 103 g/mol. The van der Waals surface area contributed by atoms with E-state index in [2.05, 4.69) is 5.16 Å². The molecule has 0 fully saturated rings. The number of hydrogen-bond acceptors (Lipinski definition) is 3. The molecule has 0 bridgehead atoms. The number of carbonyl (C=O) groups is 1. The number of rotatable bonds is 2. The minimum Gasteiger partial charge on any atom is -0.481 e. The van der Waals surface area contributed by atoms with Crippen LogP contribution in [0.5, 0.6) is 0 Å². The lowest BCUT2D eigenvalue weighted by Gasteiger charge is -1.76. The van der Waals surface area contributed by atoms with Gasteiger partial charge in [-0.3, -0.25) is 4.79 Å². The summed E-state index contributed by atoms with van der Waals surface area (Å²) in [6.07, 6.45) is 0.679. The maximum atomic E-state index is 9.56. The zero-order chi connectivity index (χ0) is 5.70. The molecule has 4 heteroatoms. The second-order valence-electron chi connectivity index (χ2n) is 0.896. The smallest absolute Gasteiger partial charge is 0.308 e. The summed E-state index contributed by atoms with van der Waals surface area (Å²) < 4.78 is 0. The summed E-state index contributed by atoms with van der Waals surface area (Å²) in [7, 11) is 0. The van der Waals surface area contributed by atoms with Crippen molar-refractivity contribution in [3.8, 4) is 0 Å². The first-order valence-electron chi connectivity index (χ1n) is 1.65. The second-order valence-corrected chi connectivity index (χ2v) is 0.896. The van der Waals surface area contributed by atoms with Gasteiger partial charge in [0.25, 0.3) is 0 Å². The molecule has 0 saturated heterocycles. The van der Waals surface area contributed by atoms with Gasteiger partial charge in [0.2, 0.25) is 0 Å². The van der Waals surface area contributed by atoms with Gasteiger partial charge in [-0.1, -0.05) is 0 Å². The predicted octanol–water partition coefficient (Wildman–Crippen LogP) is -0.0789. The standard InChI is InChI=1S/C3H5NO3/c5-3(6)1-2-4-7/h2,7H,1H2,(H,5,6)/b4-2+. The Morgan fingerprint density at radius 2 is 2.43 bits per heavy atom. The number of carboxylic acid groups (broad SMARTS) is 1. The van der Waals surface area contributed by atoms with Crippen LogP contribution in [0.15, 0.2) is 5.16 Å². The summed E-state index contributed by atoms with van der Waals surface area (Å²) in [4.78, 5) is 9.56. The van der Waals surface area contributed by atoms with E-state index in [-0.39, 0.29) is 6.42 Å². The molecule has 0 aliphatic carbocycles. The van der Waals surface area contributed by atoms with E-state index in [0.717, 1.165) is 6.21 Å². The van der Waals surface area contributed by atoms with Crippen molar-refractivity contribution in [3.63, 3.8) is 0 Å². The van der Waals surface area contributed by atoms with E-state index >= 15 is 0 Å². The lowest BCUT2D eigenvalue weighted by atomic mass is 10.5. The molecule has 0 spiro atoms. The molecular weight excluding hydrogens is 98.0 g/mol. The summed E-state index contributed by atoms with van der Waals surface area (Å²) in [5.41, 5.74) is 0. The average molecular weight is 103 g/mol. The molecule has 2 N–H and O–H groups in total. The molecule has 7 heavy (non-hydrogen) atoms. The lowest BCUT2D eigenvalue weighted by Crippen LogP contribution is -1.93. The summed E-state index contributed by atoms with van der Waals surface area (Å²) in [5, 5.41) is 17.9. The topological polar surface area (TPSA) is 69.9 Å². The molecule has 0 radical (unpaired) electrons. The quantitative estimate of drug-likeness (QED) is 0.292. The molecule has 0 aromatic rings. The van der Waals surface area contributed by atoms with Crippen LogP contribution in [0.3, 0.4) is 0 Å². The number of aliphatic carboxylic acids is 1. The highest BCUT2D eigenvalue weighted by atomic mass is 16.4. The number of oxime groups is 1. The van der Waals surface area contributed by atoms with Gasteiger partial charge in [0.05, 0.1) is 12.6 Å². The Morgan fingerprint density at radius 3 is 2.57 bits per heavy atom. The molecule has 0 amide bonds. The van der Waals surface area contributed by atoms with Crippen molar-refractivity contribution in [2.45, 2.75) is 6.42 Å². The Balaban J connectivity index is 3.14. The molecule has 0 aromatic heterocycles. The summed E-state index contributed by atoms with van der Waals surface area (Å²) in [5.74, 6) is -1.00. The average Bonchev–Trinajstić information content (AvgIpc) is 1.61. The Labute approximate surface area is 40.1 Å². The zero-order valence-electron chi connectivity index (χ0n) is 3.53. The fraction of sp³-hybridized carbons (Fsp3) is 0.333. The molecular formula is C3H5NO3. The molecule has 0 rings (SSSR count). The molecule has 4 nitrogen and oxygen atoms in total. The van der Waals surface area contributed by atoms with Crippen molar-refractivity contribution in [3.05, 3.63) is 0 Å². The van der Waals surface area contributed by atoms with E-state index in [9.17, 15) is 4.79 Å². The fourth-order valence-electron chi connectivity index (χ4n) is 0.119. The van der Waals surface area contributed by atoms with E-state index < -0.39 is 5.97 Å². The van der Waals surface area contributed by atoms with Gasteiger partial charge in [-0.05, 0) is 0 Å². The zero-order valence-corrected chi connectivity index (χ0v) is 3.53. The fourth-order valence-corrected chi connectivity index (χ4v) is 0.119. The highest BCUT2D eigenvalue weighted by Gasteiger charge is 1.87. The number of hydrogen-bond donors (Lipinski definition) is 2. The van der Waals surface area contributed by atoms with Gasteiger partial charge in [0.15, 0.2) is 0 Å². The Kier molecular flexibility index (Phi) is 2.67. The van der Waals surface area contributed by atoms with Crippen LogP contribution >= 0.6 is 0 Å². The molecule has 0 aromatic carbocycles. The van der Waals surface area contributed by atoms with Crippen LogP contribution in [-0.2, 0) is 4.79 Å². The highest BCUT2D eigenvalue weighted by Crippen LogP contribution is 1.68. The number of carboxylic acids is 1. The van der Waals surface area contributed by atoms with E-state index in [1.165, 1.54) is 0 Å². The molecule has 0 aliphatic heterocycles. The SMILES string of the molecule is O=C(O)C/C=N/O. The van der Waals surface area contributed by atoms with Crippen LogP contribution < -0.4 is 0 Å². The summed E-state index contributed by atoms with van der Waals surface area (Å²) in [6.45, 7) is 0. The van der Waals surface area contributed by atoms with Crippen molar-refractivity contribution >= 4 is 12.2 Å². The van der Waals surface area contributed by atoms with Crippen LogP contribution in [0.4, 0.5) is 0 Å². The molecule has 40 valence electrons. The molecule has 0 saturated carbocycles.